The number of nitrogens with one attached hydrogen (secondary N) is 1. The van der Waals surface area contributed by atoms with Crippen LogP contribution in [0, 0.1) is 18.3 Å². The number of halogens is 4. The van der Waals surface area contributed by atoms with Crippen LogP contribution in [0.3, 0.4) is 0 Å². The van der Waals surface area contributed by atoms with Gasteiger partial charge in [0.2, 0.25) is 10.0 Å². The molecule has 0 radical (unpaired) electrons. The minimum atomic E-state index is -5.35. The van der Waals surface area contributed by atoms with Crippen molar-refractivity contribution in [2.45, 2.75) is 32.7 Å². The number of rotatable bonds is 13. The largest absolute Gasteiger partial charge is 0.491 e. The van der Waals surface area contributed by atoms with Crippen molar-refractivity contribution in [2.75, 3.05) is 39.1 Å². The molecule has 2 aliphatic rings. The third-order valence-corrected chi connectivity index (χ3v) is 9.60. The summed E-state index contributed by atoms with van der Waals surface area (Å²) in [5.74, 6) is -1.14. The van der Waals surface area contributed by atoms with Gasteiger partial charge >= 0.3 is 12.1 Å². The Morgan fingerprint density at radius 1 is 1.10 bits per heavy atom. The van der Waals surface area contributed by atoms with E-state index in [1.165, 1.54) is 11.1 Å². The average molecular weight is 759 g/mol. The number of allylic oxidation sites excluding steroid dienone is 3. The molecule has 16 heteroatoms. The number of nitrogens with zero attached hydrogens (tertiary/aromatic N) is 3. The average Bonchev–Trinajstić information content (AvgIpc) is 3.25. The van der Waals surface area contributed by atoms with E-state index >= 15 is 0 Å². The van der Waals surface area contributed by atoms with Gasteiger partial charge in [0.05, 0.1) is 16.3 Å². The molecule has 0 saturated carbocycles. The van der Waals surface area contributed by atoms with Gasteiger partial charge in [0, 0.05) is 43.0 Å². The standard InChI is InChI=1S/C36H34ClF3N4O7S/c1-23-27(4-3-5-29(23)26-6-7-33-34(16-26)49-12-11-48-33)22-51-32-9-8-31(50-21-25-14-24(17-41)18-42-19-25)28(15-30(32)37)20-44(2)10-13-52(46,47)43-35(45)36(38,39)40/h3-8,14-16,18-19H,9-13,20-22H2,1-2H3,(H,43,45). The zero-order valence-electron chi connectivity index (χ0n) is 28.1. The molecule has 2 aromatic carbocycles. The summed E-state index contributed by atoms with van der Waals surface area (Å²) in [6.07, 6.45) is 1.22. The molecule has 0 saturated heterocycles. The molecule has 5 rings (SSSR count). The van der Waals surface area contributed by atoms with Crippen molar-refractivity contribution >= 4 is 27.5 Å². The number of hydrogen-bond acceptors (Lipinski definition) is 10. The molecule has 1 aliphatic heterocycles. The van der Waals surface area contributed by atoms with E-state index in [0.29, 0.717) is 52.9 Å². The highest BCUT2D eigenvalue weighted by atomic mass is 35.5. The molecule has 2 heterocycles. The number of amides is 1. The highest BCUT2D eigenvalue weighted by Crippen LogP contribution is 2.36. The lowest BCUT2D eigenvalue weighted by molar-refractivity contribution is -0.171. The lowest BCUT2D eigenvalue weighted by Crippen LogP contribution is -2.43. The van der Waals surface area contributed by atoms with Crippen molar-refractivity contribution in [1.82, 2.24) is 14.6 Å². The van der Waals surface area contributed by atoms with Gasteiger partial charge in [-0.3, -0.25) is 9.78 Å². The normalized spacial score (nSPS) is 14.6. The first-order chi connectivity index (χ1) is 24.7. The molecular weight excluding hydrogens is 725 g/mol. The van der Waals surface area contributed by atoms with E-state index in [-0.39, 0.29) is 37.8 Å². The van der Waals surface area contributed by atoms with Gasteiger partial charge in [0.25, 0.3) is 0 Å². The number of likely N-dealkylation sites (N-methyl/N-ethyl adjacent to an activating group) is 1. The first kappa shape index (κ1) is 38.2. The van der Waals surface area contributed by atoms with Crippen LogP contribution in [0.15, 0.2) is 89.1 Å². The van der Waals surface area contributed by atoms with Gasteiger partial charge in [-0.25, -0.2) is 13.1 Å². The van der Waals surface area contributed by atoms with Crippen LogP contribution in [-0.2, 0) is 37.5 Å². The molecule has 1 aliphatic carbocycles. The Morgan fingerprint density at radius 3 is 2.62 bits per heavy atom. The molecular formula is C36H34ClF3N4O7S. The number of aromatic nitrogens is 1. The van der Waals surface area contributed by atoms with Crippen LogP contribution in [0.4, 0.5) is 13.2 Å². The van der Waals surface area contributed by atoms with Gasteiger partial charge in [-0.05, 0) is 66.6 Å². The Morgan fingerprint density at radius 2 is 1.87 bits per heavy atom. The van der Waals surface area contributed by atoms with E-state index < -0.39 is 27.9 Å². The number of carbonyl (C=O) groups excluding carboxylic acids is 1. The summed E-state index contributed by atoms with van der Waals surface area (Å²) in [5, 5.41) is 9.52. The second kappa shape index (κ2) is 16.5. The summed E-state index contributed by atoms with van der Waals surface area (Å²) in [4.78, 5) is 16.8. The number of nitriles is 1. The lowest BCUT2D eigenvalue weighted by Gasteiger charge is -2.21. The fourth-order valence-electron chi connectivity index (χ4n) is 5.33. The number of benzene rings is 2. The Labute approximate surface area is 303 Å². The minimum absolute atomic E-state index is 0.0346. The number of carbonyl (C=O) groups is 1. The number of alkyl halides is 3. The quantitative estimate of drug-likeness (QED) is 0.220. The van der Waals surface area contributed by atoms with Crippen molar-refractivity contribution in [3.05, 3.63) is 111 Å². The van der Waals surface area contributed by atoms with E-state index in [4.69, 9.17) is 30.5 Å². The van der Waals surface area contributed by atoms with Crippen LogP contribution in [0.5, 0.6) is 11.5 Å². The second-order valence-corrected chi connectivity index (χ2v) is 14.2. The smallest absolute Gasteiger partial charge is 0.472 e. The highest BCUT2D eigenvalue weighted by Gasteiger charge is 2.41. The van der Waals surface area contributed by atoms with Crippen LogP contribution in [0.25, 0.3) is 11.1 Å². The molecule has 1 aromatic heterocycles. The zero-order chi connectivity index (χ0) is 37.5. The van der Waals surface area contributed by atoms with Crippen LogP contribution in [0.2, 0.25) is 0 Å². The Bertz CT molecular complexity index is 2080. The van der Waals surface area contributed by atoms with Crippen LogP contribution < -0.4 is 14.2 Å². The maximum Gasteiger partial charge on any atom is 0.472 e. The third kappa shape index (κ3) is 10.1. The van der Waals surface area contributed by atoms with Gasteiger partial charge in [0.1, 0.15) is 44.0 Å². The van der Waals surface area contributed by atoms with Crippen molar-refractivity contribution in [3.63, 3.8) is 0 Å². The molecule has 274 valence electrons. The maximum atomic E-state index is 12.6. The topological polar surface area (TPSA) is 140 Å². The van der Waals surface area contributed by atoms with E-state index in [2.05, 4.69) is 4.98 Å². The highest BCUT2D eigenvalue weighted by molar-refractivity contribution is 7.90. The molecule has 0 bridgehead atoms. The molecule has 0 spiro atoms. The van der Waals surface area contributed by atoms with Gasteiger partial charge in [-0.1, -0.05) is 35.9 Å². The van der Waals surface area contributed by atoms with Gasteiger partial charge in [-0.2, -0.15) is 18.4 Å². The van der Waals surface area contributed by atoms with E-state index in [1.54, 1.807) is 31.5 Å². The molecule has 0 fully saturated rings. The summed E-state index contributed by atoms with van der Waals surface area (Å²) in [6.45, 7) is 3.03. The van der Waals surface area contributed by atoms with E-state index in [1.807, 2.05) is 49.4 Å². The number of sulfonamides is 1. The number of pyridine rings is 1. The fraction of sp³-hybridized carbons (Fsp3) is 0.306. The molecule has 52 heavy (non-hydrogen) atoms. The van der Waals surface area contributed by atoms with Crippen molar-refractivity contribution < 1.29 is 45.3 Å². The second-order valence-electron chi connectivity index (χ2n) is 11.9. The van der Waals surface area contributed by atoms with Crippen molar-refractivity contribution in [2.24, 2.45) is 0 Å². The first-order valence-corrected chi connectivity index (χ1v) is 17.9. The van der Waals surface area contributed by atoms with Crippen LogP contribution >= 0.6 is 11.6 Å². The molecule has 0 atom stereocenters. The summed E-state index contributed by atoms with van der Waals surface area (Å²) in [6, 6.07) is 15.4. The molecule has 3 aromatic rings. The summed E-state index contributed by atoms with van der Waals surface area (Å²) >= 11 is 6.79. The Hall–Kier alpha value is -5.04. The lowest BCUT2D eigenvalue weighted by atomic mass is 9.96. The van der Waals surface area contributed by atoms with Gasteiger partial charge in [-0.15, -0.1) is 0 Å². The SMILES string of the molecule is Cc1c(COC2=C(Cl)C=C(CN(C)CCS(=O)(=O)NC(=O)C(F)(F)F)C(OCc3cncc(C#N)c3)=CC2)cccc1-c1ccc2c(c1)OCCO2. The predicted octanol–water partition coefficient (Wildman–Crippen LogP) is 6.04. The van der Waals surface area contributed by atoms with Crippen molar-refractivity contribution in [1.29, 1.82) is 5.26 Å². The Kier molecular flexibility index (Phi) is 12.1. The van der Waals surface area contributed by atoms with Crippen molar-refractivity contribution in [3.8, 4) is 28.7 Å². The number of fused-ring (bicyclic) bond motifs is 1. The number of hydrogen-bond donors (Lipinski definition) is 1. The van der Waals surface area contributed by atoms with Gasteiger partial charge in [0.15, 0.2) is 11.5 Å². The number of ether oxygens (including phenoxy) is 4. The minimum Gasteiger partial charge on any atom is -0.491 e. The summed E-state index contributed by atoms with van der Waals surface area (Å²) < 4.78 is 87.1. The summed E-state index contributed by atoms with van der Waals surface area (Å²) in [5.41, 5.74) is 5.35. The monoisotopic (exact) mass is 758 g/mol. The first-order valence-electron chi connectivity index (χ1n) is 15.9. The fourth-order valence-corrected chi connectivity index (χ4v) is 6.65. The predicted molar refractivity (Wildman–Crippen MR) is 185 cm³/mol. The molecule has 1 amide bonds. The molecule has 1 N–H and O–H groups in total. The molecule has 11 nitrogen and oxygen atoms in total. The Balaban J connectivity index is 1.33. The zero-order valence-corrected chi connectivity index (χ0v) is 29.7. The van der Waals surface area contributed by atoms with E-state index in [0.717, 1.165) is 27.0 Å². The van der Waals surface area contributed by atoms with Crippen LogP contribution in [0.1, 0.15) is 28.7 Å². The summed E-state index contributed by atoms with van der Waals surface area (Å²) in [7, 11) is -3.03. The maximum absolute atomic E-state index is 12.6. The van der Waals surface area contributed by atoms with E-state index in [9.17, 15) is 31.6 Å². The van der Waals surface area contributed by atoms with Gasteiger partial charge < -0.3 is 23.8 Å². The third-order valence-electron chi connectivity index (χ3n) is 8.06. The van der Waals surface area contributed by atoms with Crippen LogP contribution in [-0.4, -0.2) is 69.5 Å². The molecule has 0 unspecified atom stereocenters.